The van der Waals surface area contributed by atoms with Crippen LogP contribution in [0.3, 0.4) is 0 Å². The average molecular weight is 449 g/mol. The lowest BCUT2D eigenvalue weighted by Gasteiger charge is -2.46. The number of hydrogen-bond acceptors (Lipinski definition) is 5. The molecular weight excluding hydrogens is 418 g/mol. The van der Waals surface area contributed by atoms with Gasteiger partial charge in [-0.3, -0.25) is 4.90 Å². The van der Waals surface area contributed by atoms with Gasteiger partial charge in [0.1, 0.15) is 0 Å². The molecule has 3 atom stereocenters. The number of rotatable bonds is 6. The number of hydrogen-bond donors (Lipinski definition) is 1. The second-order valence-corrected chi connectivity index (χ2v) is 9.19. The zero-order valence-corrected chi connectivity index (χ0v) is 18.4. The fraction of sp³-hybridized carbons (Fsp3) is 0.727. The molecule has 0 bridgehead atoms. The van der Waals surface area contributed by atoms with Gasteiger partial charge in [0.15, 0.2) is 17.3 Å². The highest BCUT2D eigenvalue weighted by molar-refractivity contribution is 5.51. The molecule has 1 aromatic carbocycles. The van der Waals surface area contributed by atoms with Gasteiger partial charge in [0.05, 0.1) is 31.5 Å². The molecule has 1 fully saturated rings. The highest BCUT2D eigenvalue weighted by Crippen LogP contribution is 2.44. The number of fused-ring (bicyclic) bond motifs is 3. The number of methoxy groups -OCH3 is 1. The van der Waals surface area contributed by atoms with Gasteiger partial charge in [0, 0.05) is 25.6 Å². The van der Waals surface area contributed by atoms with E-state index >= 15 is 4.39 Å². The Morgan fingerprint density at radius 3 is 2.55 bits per heavy atom. The fourth-order valence-electron chi connectivity index (χ4n) is 4.36. The number of halogens is 4. The molecule has 2 heterocycles. The van der Waals surface area contributed by atoms with E-state index in [0.29, 0.717) is 31.5 Å². The maximum atomic E-state index is 15.3. The molecule has 3 rings (SSSR count). The quantitative estimate of drug-likeness (QED) is 0.515. The molecule has 1 aromatic rings. The topological polar surface area (TPSA) is 51.2 Å². The largest absolute Gasteiger partial charge is 0.493 e. The first-order chi connectivity index (χ1) is 14.4. The molecule has 1 N–H and O–H groups in total. The molecule has 5 nitrogen and oxygen atoms in total. The summed E-state index contributed by atoms with van der Waals surface area (Å²) in [6.07, 6.45) is -5.74. The Morgan fingerprint density at radius 1 is 1.23 bits per heavy atom. The number of alkyl halides is 3. The highest BCUT2D eigenvalue weighted by atomic mass is 19.4. The van der Waals surface area contributed by atoms with E-state index in [0.717, 1.165) is 5.56 Å². The van der Waals surface area contributed by atoms with Crippen molar-refractivity contribution in [3.8, 4) is 11.5 Å². The van der Waals surface area contributed by atoms with Crippen LogP contribution in [0, 0.1) is 5.82 Å². The molecule has 0 unspecified atom stereocenters. The van der Waals surface area contributed by atoms with Crippen LogP contribution in [-0.4, -0.2) is 60.8 Å². The molecule has 0 spiro atoms. The first-order valence-corrected chi connectivity index (χ1v) is 10.6. The first kappa shape index (κ1) is 24.1. The summed E-state index contributed by atoms with van der Waals surface area (Å²) in [5.74, 6) is -0.599. The molecular formula is C22H31F4NO4. The minimum Gasteiger partial charge on any atom is -0.493 e. The number of aliphatic hydroxyl groups excluding tert-OH is 1. The Morgan fingerprint density at radius 2 is 1.94 bits per heavy atom. The monoisotopic (exact) mass is 449 g/mol. The second kappa shape index (κ2) is 9.11. The summed E-state index contributed by atoms with van der Waals surface area (Å²) in [4.78, 5) is 2.17. The van der Waals surface area contributed by atoms with E-state index in [-0.39, 0.29) is 42.3 Å². The van der Waals surface area contributed by atoms with Crippen molar-refractivity contribution in [1.82, 2.24) is 4.90 Å². The number of benzene rings is 1. The molecule has 0 aliphatic carbocycles. The third-order valence-electron chi connectivity index (χ3n) is 5.66. The Balaban J connectivity index is 1.79. The van der Waals surface area contributed by atoms with E-state index in [1.54, 1.807) is 6.07 Å². The molecule has 0 amide bonds. The van der Waals surface area contributed by atoms with E-state index in [4.69, 9.17) is 14.2 Å². The molecule has 0 aromatic heterocycles. The second-order valence-electron chi connectivity index (χ2n) is 9.19. The van der Waals surface area contributed by atoms with Crippen LogP contribution in [0.5, 0.6) is 11.5 Å². The van der Waals surface area contributed by atoms with Crippen molar-refractivity contribution in [3.63, 3.8) is 0 Å². The molecule has 0 saturated carbocycles. The van der Waals surface area contributed by atoms with Crippen molar-refractivity contribution in [2.75, 3.05) is 26.8 Å². The number of nitrogens with zero attached hydrogens (tertiary/aromatic N) is 1. The Hall–Kier alpha value is -1.58. The van der Waals surface area contributed by atoms with Crippen molar-refractivity contribution >= 4 is 0 Å². The molecule has 2 aliphatic heterocycles. The van der Waals surface area contributed by atoms with Crippen LogP contribution >= 0.6 is 0 Å². The summed E-state index contributed by atoms with van der Waals surface area (Å²) < 4.78 is 69.0. The van der Waals surface area contributed by atoms with Crippen LogP contribution in [0.2, 0.25) is 0 Å². The van der Waals surface area contributed by atoms with E-state index < -0.39 is 24.5 Å². The molecule has 31 heavy (non-hydrogen) atoms. The molecule has 9 heteroatoms. The Kier molecular flexibility index (Phi) is 7.08. The van der Waals surface area contributed by atoms with Gasteiger partial charge in [-0.15, -0.1) is 0 Å². The average Bonchev–Trinajstić information content (AvgIpc) is 2.65. The minimum atomic E-state index is -4.28. The van der Waals surface area contributed by atoms with Crippen LogP contribution in [0.15, 0.2) is 6.07 Å². The maximum Gasteiger partial charge on any atom is 0.389 e. The zero-order chi connectivity index (χ0) is 23.0. The van der Waals surface area contributed by atoms with Gasteiger partial charge >= 0.3 is 6.18 Å². The SMILES string of the molecule is COc1cc2c(c(F)c1OCCCC(F)(F)F)CCN1C[C@@H](OC(C)(C)C)[C@H](O)C[C@H]21. The standard InChI is InChI=1S/C22H31F4NO4/c1-21(2,3)31-18-12-27-8-6-13-14(15(27)11-16(18)28)10-17(29-4)20(19(13)23)30-9-5-7-22(24,25)26/h10,15-16,18,28H,5-9,11-12H2,1-4H3/t15-,16-,18-/m1/s1. The lowest BCUT2D eigenvalue weighted by atomic mass is 9.84. The van der Waals surface area contributed by atoms with Gasteiger partial charge in [-0.1, -0.05) is 0 Å². The smallest absolute Gasteiger partial charge is 0.389 e. The molecule has 2 aliphatic rings. The normalized spacial score (nSPS) is 24.5. The van der Waals surface area contributed by atoms with Crippen molar-refractivity contribution in [2.24, 2.45) is 0 Å². The van der Waals surface area contributed by atoms with Gasteiger partial charge < -0.3 is 19.3 Å². The Bertz CT molecular complexity index is 778. The lowest BCUT2D eigenvalue weighted by Crippen LogP contribution is -2.53. The van der Waals surface area contributed by atoms with Gasteiger partial charge in [0.25, 0.3) is 0 Å². The van der Waals surface area contributed by atoms with Crippen LogP contribution in [0.1, 0.15) is 57.2 Å². The molecule has 176 valence electrons. The fourth-order valence-corrected chi connectivity index (χ4v) is 4.36. The van der Waals surface area contributed by atoms with E-state index in [1.807, 2.05) is 20.8 Å². The van der Waals surface area contributed by atoms with Crippen molar-refractivity contribution in [1.29, 1.82) is 0 Å². The van der Waals surface area contributed by atoms with E-state index in [2.05, 4.69) is 4.90 Å². The molecule has 0 radical (unpaired) electrons. The van der Waals surface area contributed by atoms with E-state index in [1.165, 1.54) is 7.11 Å². The summed E-state index contributed by atoms with van der Waals surface area (Å²) in [5.41, 5.74) is 0.798. The predicted octanol–water partition coefficient (Wildman–Crippen LogP) is 4.40. The van der Waals surface area contributed by atoms with Crippen LogP contribution in [-0.2, 0) is 11.2 Å². The summed E-state index contributed by atoms with van der Waals surface area (Å²) in [6.45, 7) is 6.67. The summed E-state index contributed by atoms with van der Waals surface area (Å²) in [5, 5.41) is 10.7. The summed E-state index contributed by atoms with van der Waals surface area (Å²) >= 11 is 0. The van der Waals surface area contributed by atoms with Crippen LogP contribution in [0.4, 0.5) is 17.6 Å². The number of ether oxygens (including phenoxy) is 3. The summed E-state index contributed by atoms with van der Waals surface area (Å²) in [6, 6.07) is 1.49. The van der Waals surface area contributed by atoms with Crippen molar-refractivity contribution in [3.05, 3.63) is 23.0 Å². The van der Waals surface area contributed by atoms with Gasteiger partial charge in [-0.2, -0.15) is 13.2 Å². The third-order valence-corrected chi connectivity index (χ3v) is 5.66. The van der Waals surface area contributed by atoms with Gasteiger partial charge in [0.2, 0.25) is 0 Å². The number of aliphatic hydroxyl groups is 1. The lowest BCUT2D eigenvalue weighted by molar-refractivity contribution is -0.149. The summed E-state index contributed by atoms with van der Waals surface area (Å²) in [7, 11) is 1.37. The van der Waals surface area contributed by atoms with Gasteiger partial charge in [-0.25, -0.2) is 4.39 Å². The highest BCUT2D eigenvalue weighted by Gasteiger charge is 2.41. The molecule has 1 saturated heterocycles. The van der Waals surface area contributed by atoms with Crippen molar-refractivity contribution < 1.29 is 36.9 Å². The number of piperidine rings is 1. The van der Waals surface area contributed by atoms with Crippen LogP contribution < -0.4 is 9.47 Å². The zero-order valence-electron chi connectivity index (χ0n) is 18.4. The predicted molar refractivity (Wildman–Crippen MR) is 107 cm³/mol. The first-order valence-electron chi connectivity index (χ1n) is 10.6. The van der Waals surface area contributed by atoms with Crippen LogP contribution in [0.25, 0.3) is 0 Å². The van der Waals surface area contributed by atoms with Crippen molar-refractivity contribution in [2.45, 2.75) is 76.5 Å². The maximum absolute atomic E-state index is 15.3. The van der Waals surface area contributed by atoms with E-state index in [9.17, 15) is 18.3 Å². The third kappa shape index (κ3) is 5.81. The van der Waals surface area contributed by atoms with Gasteiger partial charge in [-0.05, 0) is 57.2 Å². The Labute approximate surface area is 180 Å². The minimum absolute atomic E-state index is 0.146.